The van der Waals surface area contributed by atoms with Gasteiger partial charge in [0.1, 0.15) is 24.1 Å². The van der Waals surface area contributed by atoms with Gasteiger partial charge in [0, 0.05) is 0 Å². The second-order valence-electron chi connectivity index (χ2n) is 4.84. The Hall–Kier alpha value is -1.06. The molecule has 3 rings (SSSR count). The molecule has 2 saturated heterocycles. The molecule has 0 radical (unpaired) electrons. The molecule has 0 bridgehead atoms. The van der Waals surface area contributed by atoms with Crippen LogP contribution in [0.4, 0.5) is 4.39 Å². The second kappa shape index (κ2) is 5.05. The third-order valence-electron chi connectivity index (χ3n) is 3.46. The van der Waals surface area contributed by atoms with Gasteiger partial charge in [-0.05, 0) is 24.3 Å². The van der Waals surface area contributed by atoms with Gasteiger partial charge in [-0.25, -0.2) is 17.5 Å². The number of fused-ring (bicyclic) bond motifs is 1. The minimum Gasteiger partial charge on any atom is -0.388 e. The average molecular weight is 303 g/mol. The number of rotatable bonds is 3. The first kappa shape index (κ1) is 13.9. The van der Waals surface area contributed by atoms with Gasteiger partial charge in [0.15, 0.2) is 0 Å². The number of halogens is 1. The fraction of sp³-hybridized carbons (Fsp3) is 0.500. The summed E-state index contributed by atoms with van der Waals surface area (Å²) in [4.78, 5) is -0.0269. The van der Waals surface area contributed by atoms with Crippen molar-refractivity contribution in [2.45, 2.75) is 29.2 Å². The number of hydrogen-bond acceptors (Lipinski definition) is 5. The van der Waals surface area contributed by atoms with Gasteiger partial charge < -0.3 is 14.6 Å². The lowest BCUT2D eigenvalue weighted by atomic mass is 10.1. The SMILES string of the molecule is O=S(=O)(N[C@@H]1CO[C@H]2[C@@H]1OC[C@H]2O)c1ccc(F)cc1. The van der Waals surface area contributed by atoms with Crippen LogP contribution in [0.1, 0.15) is 0 Å². The first-order chi connectivity index (χ1) is 9.47. The molecule has 1 aromatic carbocycles. The van der Waals surface area contributed by atoms with Crippen LogP contribution in [-0.2, 0) is 19.5 Å². The molecule has 0 spiro atoms. The summed E-state index contributed by atoms with van der Waals surface area (Å²) in [6.45, 7) is 0.261. The van der Waals surface area contributed by atoms with Gasteiger partial charge >= 0.3 is 0 Å². The van der Waals surface area contributed by atoms with Crippen LogP contribution in [0.15, 0.2) is 29.2 Å². The summed E-state index contributed by atoms with van der Waals surface area (Å²) < 4.78 is 50.3. The smallest absolute Gasteiger partial charge is 0.240 e. The maximum atomic E-state index is 12.8. The van der Waals surface area contributed by atoms with E-state index in [0.29, 0.717) is 0 Å². The lowest BCUT2D eigenvalue weighted by Gasteiger charge is -2.17. The fourth-order valence-corrected chi connectivity index (χ4v) is 3.69. The Balaban J connectivity index is 1.76. The molecule has 0 aromatic heterocycles. The summed E-state index contributed by atoms with van der Waals surface area (Å²) in [6.07, 6.45) is -1.74. The van der Waals surface area contributed by atoms with Crippen molar-refractivity contribution in [2.24, 2.45) is 0 Å². The van der Waals surface area contributed by atoms with Crippen LogP contribution in [0.3, 0.4) is 0 Å². The molecule has 0 aliphatic carbocycles. The van der Waals surface area contributed by atoms with E-state index in [1.807, 2.05) is 0 Å². The van der Waals surface area contributed by atoms with Gasteiger partial charge in [0.2, 0.25) is 10.0 Å². The quantitative estimate of drug-likeness (QED) is 0.796. The van der Waals surface area contributed by atoms with Crippen LogP contribution in [0.25, 0.3) is 0 Å². The van der Waals surface area contributed by atoms with Crippen molar-refractivity contribution in [2.75, 3.05) is 13.2 Å². The molecule has 0 unspecified atom stereocenters. The number of benzene rings is 1. The molecule has 6 nitrogen and oxygen atoms in total. The van der Waals surface area contributed by atoms with Gasteiger partial charge in [0.05, 0.1) is 24.2 Å². The molecule has 1 aromatic rings. The molecule has 2 heterocycles. The third-order valence-corrected chi connectivity index (χ3v) is 4.96. The van der Waals surface area contributed by atoms with Crippen LogP contribution in [0.5, 0.6) is 0 Å². The van der Waals surface area contributed by atoms with Gasteiger partial charge in [0.25, 0.3) is 0 Å². The molecule has 8 heteroatoms. The van der Waals surface area contributed by atoms with E-state index in [0.717, 1.165) is 12.1 Å². The summed E-state index contributed by atoms with van der Waals surface area (Å²) in [6, 6.07) is 3.98. The molecule has 2 N–H and O–H groups in total. The first-order valence-electron chi connectivity index (χ1n) is 6.16. The highest BCUT2D eigenvalue weighted by Gasteiger charge is 2.48. The van der Waals surface area contributed by atoms with Gasteiger partial charge in [-0.15, -0.1) is 0 Å². The van der Waals surface area contributed by atoms with Crippen molar-refractivity contribution in [3.63, 3.8) is 0 Å². The van der Waals surface area contributed by atoms with Crippen molar-refractivity contribution < 1.29 is 27.4 Å². The van der Waals surface area contributed by atoms with Gasteiger partial charge in [-0.1, -0.05) is 0 Å². The fourth-order valence-electron chi connectivity index (χ4n) is 2.46. The summed E-state index contributed by atoms with van der Waals surface area (Å²) in [5.41, 5.74) is 0. The predicted octanol–water partition coefficient (Wildman–Crippen LogP) is -0.369. The van der Waals surface area contributed by atoms with E-state index in [-0.39, 0.29) is 18.1 Å². The molecule has 110 valence electrons. The Morgan fingerprint density at radius 1 is 1.15 bits per heavy atom. The van der Waals surface area contributed by atoms with Gasteiger partial charge in [-0.2, -0.15) is 0 Å². The molecule has 0 saturated carbocycles. The summed E-state index contributed by atoms with van der Waals surface area (Å²) in [5, 5.41) is 9.59. The monoisotopic (exact) mass is 303 g/mol. The topological polar surface area (TPSA) is 84.9 Å². The number of hydrogen-bond donors (Lipinski definition) is 2. The zero-order valence-electron chi connectivity index (χ0n) is 10.4. The normalized spacial score (nSPS) is 33.3. The Bertz CT molecular complexity index is 590. The first-order valence-corrected chi connectivity index (χ1v) is 7.65. The van der Waals surface area contributed by atoms with E-state index in [1.165, 1.54) is 12.1 Å². The summed E-state index contributed by atoms with van der Waals surface area (Å²) in [7, 11) is -3.77. The van der Waals surface area contributed by atoms with E-state index in [9.17, 15) is 17.9 Å². The summed E-state index contributed by atoms with van der Waals surface area (Å²) in [5.74, 6) is -0.504. The minimum atomic E-state index is -3.77. The highest BCUT2D eigenvalue weighted by atomic mass is 32.2. The third kappa shape index (κ3) is 2.45. The van der Waals surface area contributed by atoms with E-state index in [2.05, 4.69) is 4.72 Å². The van der Waals surface area contributed by atoms with E-state index < -0.39 is 40.2 Å². The number of sulfonamides is 1. The number of aliphatic hydroxyl groups excluding tert-OH is 1. The van der Waals surface area contributed by atoms with Crippen molar-refractivity contribution in [3.8, 4) is 0 Å². The zero-order valence-corrected chi connectivity index (χ0v) is 11.2. The standard InChI is InChI=1S/C12H14FNO5S/c13-7-1-3-8(4-2-7)20(16,17)14-9-5-18-12-10(15)6-19-11(9)12/h1-4,9-12,14-15H,5-6H2/t9-,10-,11-,12-/m1/s1. The number of ether oxygens (including phenoxy) is 2. The van der Waals surface area contributed by atoms with Crippen molar-refractivity contribution in [1.29, 1.82) is 0 Å². The lowest BCUT2D eigenvalue weighted by Crippen LogP contribution is -2.44. The van der Waals surface area contributed by atoms with Crippen LogP contribution < -0.4 is 4.72 Å². The Morgan fingerprint density at radius 3 is 2.50 bits per heavy atom. The molecule has 2 aliphatic rings. The second-order valence-corrected chi connectivity index (χ2v) is 6.56. The van der Waals surface area contributed by atoms with Crippen LogP contribution in [0, 0.1) is 5.82 Å². The molecule has 20 heavy (non-hydrogen) atoms. The maximum Gasteiger partial charge on any atom is 0.240 e. The van der Waals surface area contributed by atoms with Crippen LogP contribution in [0.2, 0.25) is 0 Å². The molecular weight excluding hydrogens is 289 g/mol. The molecule has 4 atom stereocenters. The lowest BCUT2D eigenvalue weighted by molar-refractivity contribution is 0.0181. The summed E-state index contributed by atoms with van der Waals surface area (Å²) >= 11 is 0. The van der Waals surface area contributed by atoms with E-state index >= 15 is 0 Å². The Kier molecular flexibility index (Phi) is 3.51. The van der Waals surface area contributed by atoms with E-state index in [4.69, 9.17) is 9.47 Å². The molecular formula is C12H14FNO5S. The van der Waals surface area contributed by atoms with Crippen molar-refractivity contribution >= 4 is 10.0 Å². The highest BCUT2D eigenvalue weighted by molar-refractivity contribution is 7.89. The highest BCUT2D eigenvalue weighted by Crippen LogP contribution is 2.27. The minimum absolute atomic E-state index is 0.0269. The van der Waals surface area contributed by atoms with Gasteiger partial charge in [-0.3, -0.25) is 0 Å². The molecule has 0 amide bonds. The van der Waals surface area contributed by atoms with Crippen LogP contribution >= 0.6 is 0 Å². The largest absolute Gasteiger partial charge is 0.388 e. The van der Waals surface area contributed by atoms with E-state index in [1.54, 1.807) is 0 Å². The Morgan fingerprint density at radius 2 is 1.80 bits per heavy atom. The molecule has 2 aliphatic heterocycles. The number of nitrogens with one attached hydrogen (secondary N) is 1. The predicted molar refractivity (Wildman–Crippen MR) is 66.0 cm³/mol. The van der Waals surface area contributed by atoms with Crippen LogP contribution in [-0.4, -0.2) is 51.1 Å². The zero-order chi connectivity index (χ0) is 14.3. The average Bonchev–Trinajstić information content (AvgIpc) is 2.95. The number of aliphatic hydroxyl groups is 1. The van der Waals surface area contributed by atoms with Crippen molar-refractivity contribution in [1.82, 2.24) is 4.72 Å². The Labute approximate surface area is 115 Å². The van der Waals surface area contributed by atoms with Crippen molar-refractivity contribution in [3.05, 3.63) is 30.1 Å². The maximum absolute atomic E-state index is 12.8. The molecule has 2 fully saturated rings.